The lowest BCUT2D eigenvalue weighted by Crippen LogP contribution is -2.20. The van der Waals surface area contributed by atoms with Crippen LogP contribution in [0, 0.1) is 6.92 Å². The van der Waals surface area contributed by atoms with E-state index in [-0.39, 0.29) is 0 Å². The Kier molecular flexibility index (Phi) is 4.36. The number of hydrogen-bond donors (Lipinski definition) is 1. The molecule has 0 atom stereocenters. The van der Waals surface area contributed by atoms with Crippen LogP contribution in [0.3, 0.4) is 0 Å². The fourth-order valence-electron chi connectivity index (χ4n) is 1.74. The molecular formula is C14H19N3O. The van der Waals surface area contributed by atoms with E-state index < -0.39 is 0 Å². The summed E-state index contributed by atoms with van der Waals surface area (Å²) in [5, 5.41) is 7.44. The summed E-state index contributed by atoms with van der Waals surface area (Å²) >= 11 is 0. The Morgan fingerprint density at radius 2 is 2.28 bits per heavy atom. The highest BCUT2D eigenvalue weighted by Crippen LogP contribution is 2.11. The van der Waals surface area contributed by atoms with Crippen LogP contribution in [0.25, 0.3) is 0 Å². The van der Waals surface area contributed by atoms with Crippen LogP contribution in [-0.2, 0) is 13.6 Å². The highest BCUT2D eigenvalue weighted by atomic mass is 16.5. The molecule has 0 aliphatic carbocycles. The maximum atomic E-state index is 5.65. The Morgan fingerprint density at radius 1 is 1.39 bits per heavy atom. The van der Waals surface area contributed by atoms with Crippen LogP contribution in [0.5, 0.6) is 5.75 Å². The maximum Gasteiger partial charge on any atom is 0.119 e. The molecule has 1 heterocycles. The van der Waals surface area contributed by atoms with Gasteiger partial charge in [0.1, 0.15) is 12.4 Å². The van der Waals surface area contributed by atoms with Crippen molar-refractivity contribution in [3.63, 3.8) is 0 Å². The van der Waals surface area contributed by atoms with Gasteiger partial charge in [0.05, 0.1) is 6.20 Å². The van der Waals surface area contributed by atoms with Gasteiger partial charge in [-0.2, -0.15) is 5.10 Å². The van der Waals surface area contributed by atoms with Crippen LogP contribution in [-0.4, -0.2) is 22.9 Å². The van der Waals surface area contributed by atoms with Crippen molar-refractivity contribution in [3.8, 4) is 5.75 Å². The van der Waals surface area contributed by atoms with Gasteiger partial charge in [0, 0.05) is 31.9 Å². The smallest absolute Gasteiger partial charge is 0.119 e. The van der Waals surface area contributed by atoms with E-state index in [4.69, 9.17) is 4.74 Å². The van der Waals surface area contributed by atoms with Crippen LogP contribution in [0.2, 0.25) is 0 Å². The van der Waals surface area contributed by atoms with Gasteiger partial charge in [-0.1, -0.05) is 12.1 Å². The lowest BCUT2D eigenvalue weighted by molar-refractivity contribution is 0.313. The molecule has 0 unspecified atom stereocenters. The number of aromatic nitrogens is 2. The quantitative estimate of drug-likeness (QED) is 0.790. The monoisotopic (exact) mass is 245 g/mol. The SMILES string of the molecule is Cc1cccc(OCCNCc2cnn(C)c2)c1. The number of aryl methyl sites for hydroxylation is 2. The number of ether oxygens (including phenoxy) is 1. The molecule has 0 fully saturated rings. The molecule has 2 rings (SSSR count). The molecule has 96 valence electrons. The highest BCUT2D eigenvalue weighted by Gasteiger charge is 1.96. The molecule has 0 radical (unpaired) electrons. The second kappa shape index (κ2) is 6.21. The van der Waals surface area contributed by atoms with Crippen LogP contribution in [0.1, 0.15) is 11.1 Å². The van der Waals surface area contributed by atoms with Crippen molar-refractivity contribution in [2.24, 2.45) is 7.05 Å². The van der Waals surface area contributed by atoms with Gasteiger partial charge < -0.3 is 10.1 Å². The molecule has 4 nitrogen and oxygen atoms in total. The third-order valence-corrected chi connectivity index (χ3v) is 2.62. The topological polar surface area (TPSA) is 39.1 Å². The van der Waals surface area contributed by atoms with Crippen molar-refractivity contribution < 1.29 is 4.74 Å². The second-order valence-electron chi connectivity index (χ2n) is 4.36. The zero-order valence-electron chi connectivity index (χ0n) is 10.9. The zero-order chi connectivity index (χ0) is 12.8. The molecule has 0 aliphatic heterocycles. The molecular weight excluding hydrogens is 226 g/mol. The van der Waals surface area contributed by atoms with Gasteiger partial charge in [-0.25, -0.2) is 0 Å². The number of nitrogens with zero attached hydrogens (tertiary/aromatic N) is 2. The summed E-state index contributed by atoms with van der Waals surface area (Å²) in [5.74, 6) is 0.929. The third-order valence-electron chi connectivity index (χ3n) is 2.62. The number of benzene rings is 1. The van der Waals surface area contributed by atoms with Gasteiger partial charge in [-0.15, -0.1) is 0 Å². The van der Waals surface area contributed by atoms with Crippen LogP contribution in [0.4, 0.5) is 0 Å². The average Bonchev–Trinajstić information content (AvgIpc) is 2.75. The van der Waals surface area contributed by atoms with Crippen molar-refractivity contribution in [1.29, 1.82) is 0 Å². The first kappa shape index (κ1) is 12.6. The molecule has 0 aliphatic rings. The van der Waals surface area contributed by atoms with Crippen LogP contribution < -0.4 is 10.1 Å². The van der Waals surface area contributed by atoms with E-state index in [0.29, 0.717) is 6.61 Å². The minimum Gasteiger partial charge on any atom is -0.492 e. The minimum atomic E-state index is 0.670. The molecule has 2 aromatic rings. The van der Waals surface area contributed by atoms with Crippen molar-refractivity contribution >= 4 is 0 Å². The van der Waals surface area contributed by atoms with Gasteiger partial charge in [-0.05, 0) is 24.6 Å². The Balaban J connectivity index is 1.64. The van der Waals surface area contributed by atoms with Crippen molar-refractivity contribution in [2.45, 2.75) is 13.5 Å². The molecule has 0 saturated carbocycles. The Labute approximate surface area is 108 Å². The Hall–Kier alpha value is -1.81. The lowest BCUT2D eigenvalue weighted by Gasteiger charge is -2.07. The van der Waals surface area contributed by atoms with Gasteiger partial charge in [0.15, 0.2) is 0 Å². The highest BCUT2D eigenvalue weighted by molar-refractivity contribution is 5.27. The molecule has 1 aromatic carbocycles. The van der Waals surface area contributed by atoms with Crippen molar-refractivity contribution in [3.05, 3.63) is 47.8 Å². The van der Waals surface area contributed by atoms with Crippen LogP contribution in [0.15, 0.2) is 36.7 Å². The average molecular weight is 245 g/mol. The van der Waals surface area contributed by atoms with Gasteiger partial charge in [0.2, 0.25) is 0 Å². The normalized spacial score (nSPS) is 10.6. The van der Waals surface area contributed by atoms with Crippen LogP contribution >= 0.6 is 0 Å². The molecule has 1 N–H and O–H groups in total. The van der Waals surface area contributed by atoms with E-state index in [2.05, 4.69) is 23.4 Å². The molecule has 0 bridgehead atoms. The molecule has 4 heteroatoms. The largest absolute Gasteiger partial charge is 0.492 e. The zero-order valence-corrected chi connectivity index (χ0v) is 10.9. The summed E-state index contributed by atoms with van der Waals surface area (Å²) in [7, 11) is 1.92. The Morgan fingerprint density at radius 3 is 3.00 bits per heavy atom. The summed E-state index contributed by atoms with van der Waals surface area (Å²) in [6, 6.07) is 8.09. The fourth-order valence-corrected chi connectivity index (χ4v) is 1.74. The first-order valence-electron chi connectivity index (χ1n) is 6.12. The van der Waals surface area contributed by atoms with Gasteiger partial charge >= 0.3 is 0 Å². The molecule has 0 amide bonds. The van der Waals surface area contributed by atoms with Gasteiger partial charge in [-0.3, -0.25) is 4.68 Å². The predicted molar refractivity (Wildman–Crippen MR) is 71.6 cm³/mol. The van der Waals surface area contributed by atoms with Crippen molar-refractivity contribution in [2.75, 3.05) is 13.2 Å². The van der Waals surface area contributed by atoms with E-state index in [1.54, 1.807) is 4.68 Å². The molecule has 0 spiro atoms. The summed E-state index contributed by atoms with van der Waals surface area (Å²) in [6.45, 7) is 4.38. The first-order valence-corrected chi connectivity index (χ1v) is 6.12. The van der Waals surface area contributed by atoms with Crippen molar-refractivity contribution in [1.82, 2.24) is 15.1 Å². The van der Waals surface area contributed by atoms with E-state index in [1.165, 1.54) is 11.1 Å². The van der Waals surface area contributed by atoms with E-state index >= 15 is 0 Å². The summed E-state index contributed by atoms with van der Waals surface area (Å²) < 4.78 is 7.45. The predicted octanol–water partition coefficient (Wildman–Crippen LogP) is 1.90. The summed E-state index contributed by atoms with van der Waals surface area (Å²) in [5.41, 5.74) is 2.41. The number of hydrogen-bond acceptors (Lipinski definition) is 3. The van der Waals surface area contributed by atoms with E-state index in [0.717, 1.165) is 18.8 Å². The standard InChI is InChI=1S/C14H19N3O/c1-12-4-3-5-14(8-12)18-7-6-15-9-13-10-16-17(2)11-13/h3-5,8,10-11,15H,6-7,9H2,1-2H3. The van der Waals surface area contributed by atoms with E-state index in [1.807, 2.05) is 37.6 Å². The minimum absolute atomic E-state index is 0.670. The summed E-state index contributed by atoms with van der Waals surface area (Å²) in [6.07, 6.45) is 3.88. The first-order chi connectivity index (χ1) is 8.74. The summed E-state index contributed by atoms with van der Waals surface area (Å²) in [4.78, 5) is 0. The molecule has 18 heavy (non-hydrogen) atoms. The fraction of sp³-hybridized carbons (Fsp3) is 0.357. The third kappa shape index (κ3) is 3.89. The maximum absolute atomic E-state index is 5.65. The molecule has 0 saturated heterocycles. The number of nitrogens with one attached hydrogen (secondary N) is 1. The molecule has 1 aromatic heterocycles. The number of rotatable bonds is 6. The lowest BCUT2D eigenvalue weighted by atomic mass is 10.2. The Bertz CT molecular complexity index is 493. The van der Waals surface area contributed by atoms with Gasteiger partial charge in [0.25, 0.3) is 0 Å². The second-order valence-corrected chi connectivity index (χ2v) is 4.36. The van der Waals surface area contributed by atoms with E-state index in [9.17, 15) is 0 Å².